The number of ether oxygens (including phenoxy) is 2. The van der Waals surface area contributed by atoms with Crippen LogP contribution in [0.3, 0.4) is 0 Å². The zero-order valence-electron chi connectivity index (χ0n) is 17.3. The lowest BCUT2D eigenvalue weighted by molar-refractivity contribution is -0.115. The standard InChI is InChI=1S/C21H25ClFN3O4/c1-21(2,3)30-20(28)26-16-12-14(6-7-15(16)23)25-19(27)9-10-24-17-11-13(22)5-8-18(17)29-4/h5-8,11-12,24H,9-10H2,1-4H3,(H,25,27)(H,26,28). The number of nitrogens with one attached hydrogen (secondary N) is 3. The molecule has 0 fully saturated rings. The lowest BCUT2D eigenvalue weighted by Crippen LogP contribution is -2.27. The van der Waals surface area contributed by atoms with E-state index < -0.39 is 17.5 Å². The molecule has 2 rings (SSSR count). The van der Waals surface area contributed by atoms with Gasteiger partial charge >= 0.3 is 6.09 Å². The molecule has 9 heteroatoms. The highest BCUT2D eigenvalue weighted by Crippen LogP contribution is 2.27. The summed E-state index contributed by atoms with van der Waals surface area (Å²) in [6.45, 7) is 5.43. The fourth-order valence-electron chi connectivity index (χ4n) is 2.46. The number of hydrogen-bond acceptors (Lipinski definition) is 5. The quantitative estimate of drug-likeness (QED) is 0.548. The van der Waals surface area contributed by atoms with E-state index in [2.05, 4.69) is 16.0 Å². The van der Waals surface area contributed by atoms with Gasteiger partial charge in [-0.25, -0.2) is 9.18 Å². The van der Waals surface area contributed by atoms with Crippen LogP contribution in [0.2, 0.25) is 5.02 Å². The maximum Gasteiger partial charge on any atom is 0.412 e. The van der Waals surface area contributed by atoms with Crippen molar-refractivity contribution in [3.8, 4) is 5.75 Å². The molecule has 0 atom stereocenters. The molecule has 2 amide bonds. The molecule has 0 spiro atoms. The minimum Gasteiger partial charge on any atom is -0.495 e. The van der Waals surface area contributed by atoms with Crippen LogP contribution in [0, 0.1) is 5.82 Å². The molecule has 0 saturated heterocycles. The van der Waals surface area contributed by atoms with Crippen LogP contribution in [-0.2, 0) is 9.53 Å². The van der Waals surface area contributed by atoms with Crippen LogP contribution < -0.4 is 20.7 Å². The lowest BCUT2D eigenvalue weighted by atomic mass is 10.2. The molecule has 0 radical (unpaired) electrons. The Bertz CT molecular complexity index is 916. The van der Waals surface area contributed by atoms with E-state index in [1.54, 1.807) is 46.1 Å². The molecular formula is C21H25ClFN3O4. The monoisotopic (exact) mass is 437 g/mol. The molecule has 162 valence electrons. The summed E-state index contributed by atoms with van der Waals surface area (Å²) in [4.78, 5) is 24.1. The normalized spacial score (nSPS) is 10.9. The SMILES string of the molecule is COc1ccc(Cl)cc1NCCC(=O)Nc1ccc(F)c(NC(=O)OC(C)(C)C)c1. The van der Waals surface area contributed by atoms with Gasteiger partial charge in [-0.3, -0.25) is 10.1 Å². The van der Waals surface area contributed by atoms with Gasteiger partial charge < -0.3 is 20.1 Å². The predicted molar refractivity (Wildman–Crippen MR) is 116 cm³/mol. The van der Waals surface area contributed by atoms with Crippen LogP contribution in [0.1, 0.15) is 27.2 Å². The van der Waals surface area contributed by atoms with Crippen LogP contribution >= 0.6 is 11.6 Å². The molecule has 0 unspecified atom stereocenters. The molecule has 0 heterocycles. The van der Waals surface area contributed by atoms with Crippen molar-refractivity contribution in [3.63, 3.8) is 0 Å². The first-order valence-corrected chi connectivity index (χ1v) is 9.62. The van der Waals surface area contributed by atoms with Crippen LogP contribution in [0.5, 0.6) is 5.75 Å². The summed E-state index contributed by atoms with van der Waals surface area (Å²) >= 11 is 5.98. The van der Waals surface area contributed by atoms with Crippen molar-refractivity contribution in [1.82, 2.24) is 0 Å². The third-order valence-electron chi connectivity index (χ3n) is 3.71. The minimum absolute atomic E-state index is 0.0937. The molecule has 0 saturated carbocycles. The molecule has 3 N–H and O–H groups in total. The predicted octanol–water partition coefficient (Wildman–Crippen LogP) is 5.28. The van der Waals surface area contributed by atoms with E-state index in [9.17, 15) is 14.0 Å². The van der Waals surface area contributed by atoms with Crippen molar-refractivity contribution in [1.29, 1.82) is 0 Å². The topological polar surface area (TPSA) is 88.7 Å². The Balaban J connectivity index is 1.92. The number of carbonyl (C=O) groups excluding carboxylic acids is 2. The summed E-state index contributed by atoms with van der Waals surface area (Å²) in [5, 5.41) is 8.63. The highest BCUT2D eigenvalue weighted by atomic mass is 35.5. The number of benzene rings is 2. The third kappa shape index (κ3) is 7.44. The number of halogens is 2. The second-order valence-electron chi connectivity index (χ2n) is 7.39. The van der Waals surface area contributed by atoms with E-state index in [1.807, 2.05) is 0 Å². The second-order valence-corrected chi connectivity index (χ2v) is 7.83. The van der Waals surface area contributed by atoms with Crippen molar-refractivity contribution in [3.05, 3.63) is 47.2 Å². The van der Waals surface area contributed by atoms with E-state index >= 15 is 0 Å². The fourth-order valence-corrected chi connectivity index (χ4v) is 2.64. The van der Waals surface area contributed by atoms with Crippen LogP contribution in [-0.4, -0.2) is 31.3 Å². The Morgan fingerprint density at radius 2 is 1.80 bits per heavy atom. The van der Waals surface area contributed by atoms with Crippen LogP contribution in [0.25, 0.3) is 0 Å². The van der Waals surface area contributed by atoms with Crippen molar-refractivity contribution in [2.75, 3.05) is 29.6 Å². The van der Waals surface area contributed by atoms with E-state index in [0.717, 1.165) is 6.07 Å². The zero-order valence-corrected chi connectivity index (χ0v) is 18.0. The van der Waals surface area contributed by atoms with Gasteiger partial charge in [0.2, 0.25) is 5.91 Å². The van der Waals surface area contributed by atoms with Gasteiger partial charge in [0.05, 0.1) is 18.5 Å². The molecule has 7 nitrogen and oxygen atoms in total. The van der Waals surface area contributed by atoms with Gasteiger partial charge in [-0.05, 0) is 57.2 Å². The fraction of sp³-hybridized carbons (Fsp3) is 0.333. The smallest absolute Gasteiger partial charge is 0.412 e. The van der Waals surface area contributed by atoms with Gasteiger partial charge in [0.25, 0.3) is 0 Å². The third-order valence-corrected chi connectivity index (χ3v) is 3.95. The van der Waals surface area contributed by atoms with Gasteiger partial charge in [-0.15, -0.1) is 0 Å². The summed E-state index contributed by atoms with van der Waals surface area (Å²) in [6, 6.07) is 9.01. The van der Waals surface area contributed by atoms with E-state index in [1.165, 1.54) is 12.1 Å². The van der Waals surface area contributed by atoms with Gasteiger partial charge in [0, 0.05) is 23.7 Å². The van der Waals surface area contributed by atoms with Gasteiger partial charge in [-0.1, -0.05) is 11.6 Å². The van der Waals surface area contributed by atoms with Crippen molar-refractivity contribution < 1.29 is 23.5 Å². The van der Waals surface area contributed by atoms with Crippen LogP contribution in [0.15, 0.2) is 36.4 Å². The molecule has 0 aliphatic carbocycles. The van der Waals surface area contributed by atoms with Gasteiger partial charge in [0.15, 0.2) is 0 Å². The Morgan fingerprint density at radius 3 is 2.47 bits per heavy atom. The lowest BCUT2D eigenvalue weighted by Gasteiger charge is -2.20. The number of amides is 2. The maximum absolute atomic E-state index is 14.0. The highest BCUT2D eigenvalue weighted by Gasteiger charge is 2.18. The molecule has 0 aromatic heterocycles. The number of hydrogen-bond donors (Lipinski definition) is 3. The number of carbonyl (C=O) groups is 2. The summed E-state index contributed by atoms with van der Waals surface area (Å²) in [6.07, 6.45) is -0.647. The Morgan fingerprint density at radius 1 is 1.07 bits per heavy atom. The first-order chi connectivity index (χ1) is 14.1. The molecular weight excluding hydrogens is 413 g/mol. The number of rotatable bonds is 7. The second kappa shape index (κ2) is 10.2. The Hall–Kier alpha value is -3.00. The number of methoxy groups -OCH3 is 1. The Labute approximate surface area is 179 Å². The van der Waals surface area contributed by atoms with Crippen molar-refractivity contribution >= 4 is 40.7 Å². The summed E-state index contributed by atoms with van der Waals surface area (Å²) in [7, 11) is 1.54. The first kappa shape index (κ1) is 23.3. The van der Waals surface area contributed by atoms with E-state index in [-0.39, 0.29) is 18.0 Å². The highest BCUT2D eigenvalue weighted by molar-refractivity contribution is 6.30. The molecule has 0 aliphatic heterocycles. The largest absolute Gasteiger partial charge is 0.495 e. The number of anilines is 3. The van der Waals surface area contributed by atoms with Gasteiger partial charge in [0.1, 0.15) is 17.2 Å². The van der Waals surface area contributed by atoms with Crippen LogP contribution in [0.4, 0.5) is 26.2 Å². The zero-order chi connectivity index (χ0) is 22.3. The summed E-state index contributed by atoms with van der Waals surface area (Å²) in [5.74, 6) is -0.330. The average Bonchev–Trinajstić information content (AvgIpc) is 2.63. The molecule has 2 aromatic rings. The van der Waals surface area contributed by atoms with E-state index in [4.69, 9.17) is 21.1 Å². The molecule has 0 bridgehead atoms. The van der Waals surface area contributed by atoms with Crippen molar-refractivity contribution in [2.45, 2.75) is 32.8 Å². The Kier molecular flexibility index (Phi) is 7.88. The minimum atomic E-state index is -0.787. The maximum atomic E-state index is 14.0. The van der Waals surface area contributed by atoms with E-state index in [0.29, 0.717) is 28.7 Å². The summed E-state index contributed by atoms with van der Waals surface area (Å²) < 4.78 is 24.3. The molecule has 2 aromatic carbocycles. The first-order valence-electron chi connectivity index (χ1n) is 9.24. The van der Waals surface area contributed by atoms with Gasteiger partial charge in [-0.2, -0.15) is 0 Å². The van der Waals surface area contributed by atoms with Crippen molar-refractivity contribution in [2.24, 2.45) is 0 Å². The molecule has 0 aliphatic rings. The molecule has 30 heavy (non-hydrogen) atoms. The summed E-state index contributed by atoms with van der Waals surface area (Å²) in [5.41, 5.74) is 0.200. The average molecular weight is 438 g/mol.